The molecule has 0 aliphatic heterocycles. The molecule has 5 rings (SSSR count). The molecule has 5 aromatic rings. The van der Waals surface area contributed by atoms with Crippen LogP contribution in [0.1, 0.15) is 5.56 Å². The molecule has 3 aromatic carbocycles. The Morgan fingerprint density at radius 1 is 0.767 bits per heavy atom. The molecular formula is C26H20N4. The van der Waals surface area contributed by atoms with E-state index in [9.17, 15) is 0 Å². The van der Waals surface area contributed by atoms with Gasteiger partial charge in [-0.05, 0) is 34.9 Å². The van der Waals surface area contributed by atoms with Gasteiger partial charge in [0.1, 0.15) is 0 Å². The van der Waals surface area contributed by atoms with E-state index in [0.29, 0.717) is 5.95 Å². The Hall–Kier alpha value is -4.18. The lowest BCUT2D eigenvalue weighted by Crippen LogP contribution is -1.94. The first-order valence-corrected chi connectivity index (χ1v) is 9.80. The largest absolute Gasteiger partial charge is 0.369 e. The number of para-hydroxylation sites is 1. The summed E-state index contributed by atoms with van der Waals surface area (Å²) < 4.78 is 1.84. The van der Waals surface area contributed by atoms with Gasteiger partial charge in [0.25, 0.3) is 0 Å². The van der Waals surface area contributed by atoms with Gasteiger partial charge in [-0.15, -0.1) is 0 Å². The first-order valence-electron chi connectivity index (χ1n) is 9.80. The van der Waals surface area contributed by atoms with Gasteiger partial charge in [0.2, 0.25) is 5.95 Å². The summed E-state index contributed by atoms with van der Waals surface area (Å²) in [5.41, 5.74) is 12.4. The SMILES string of the molecule is Nc1nc(-c2ccccc2)cn1/C=C/c1ccc(-c2ccnc3ccccc23)cc1. The van der Waals surface area contributed by atoms with E-state index in [2.05, 4.69) is 46.4 Å². The number of imidazole rings is 1. The van der Waals surface area contributed by atoms with E-state index in [-0.39, 0.29) is 0 Å². The lowest BCUT2D eigenvalue weighted by molar-refractivity contribution is 1.16. The monoisotopic (exact) mass is 388 g/mol. The van der Waals surface area contributed by atoms with Crippen molar-refractivity contribution in [2.75, 3.05) is 5.73 Å². The Morgan fingerprint density at radius 2 is 1.53 bits per heavy atom. The summed E-state index contributed by atoms with van der Waals surface area (Å²) in [6, 6.07) is 28.8. The molecular weight excluding hydrogens is 368 g/mol. The third-order valence-corrected chi connectivity index (χ3v) is 5.13. The van der Waals surface area contributed by atoms with Gasteiger partial charge in [0.05, 0.1) is 11.2 Å². The number of hydrogen-bond acceptors (Lipinski definition) is 3. The molecule has 0 radical (unpaired) electrons. The zero-order valence-electron chi connectivity index (χ0n) is 16.3. The number of rotatable bonds is 4. The normalized spacial score (nSPS) is 11.3. The number of benzene rings is 3. The molecule has 4 heteroatoms. The van der Waals surface area contributed by atoms with Crippen molar-refractivity contribution in [2.45, 2.75) is 0 Å². The summed E-state index contributed by atoms with van der Waals surface area (Å²) in [5.74, 6) is 0.463. The summed E-state index contributed by atoms with van der Waals surface area (Å²) in [4.78, 5) is 8.91. The Morgan fingerprint density at radius 3 is 2.37 bits per heavy atom. The molecule has 0 atom stereocenters. The third kappa shape index (κ3) is 3.47. The average molecular weight is 388 g/mol. The summed E-state index contributed by atoms with van der Waals surface area (Å²) >= 11 is 0. The van der Waals surface area contributed by atoms with Crippen molar-refractivity contribution in [1.82, 2.24) is 14.5 Å². The number of nitrogens with zero attached hydrogens (tertiary/aromatic N) is 3. The summed E-state index contributed by atoms with van der Waals surface area (Å²) in [6.07, 6.45) is 7.77. The number of anilines is 1. The van der Waals surface area contributed by atoms with Crippen LogP contribution >= 0.6 is 0 Å². The van der Waals surface area contributed by atoms with E-state index in [0.717, 1.165) is 27.7 Å². The van der Waals surface area contributed by atoms with Crippen LogP contribution in [-0.4, -0.2) is 14.5 Å². The van der Waals surface area contributed by atoms with Crippen LogP contribution in [-0.2, 0) is 0 Å². The fourth-order valence-electron chi connectivity index (χ4n) is 3.56. The fourth-order valence-corrected chi connectivity index (χ4v) is 3.56. The second-order valence-electron chi connectivity index (χ2n) is 7.07. The minimum absolute atomic E-state index is 0.463. The highest BCUT2D eigenvalue weighted by molar-refractivity contribution is 5.94. The van der Waals surface area contributed by atoms with Gasteiger partial charge in [0, 0.05) is 29.5 Å². The quantitative estimate of drug-likeness (QED) is 0.412. The van der Waals surface area contributed by atoms with Crippen LogP contribution in [0.4, 0.5) is 5.95 Å². The molecule has 30 heavy (non-hydrogen) atoms. The third-order valence-electron chi connectivity index (χ3n) is 5.13. The van der Waals surface area contributed by atoms with E-state index >= 15 is 0 Å². The number of fused-ring (bicyclic) bond motifs is 1. The van der Waals surface area contributed by atoms with Gasteiger partial charge in [-0.25, -0.2) is 4.98 Å². The van der Waals surface area contributed by atoms with Crippen LogP contribution in [0.25, 0.3) is 45.6 Å². The van der Waals surface area contributed by atoms with Crippen molar-refractivity contribution in [3.05, 3.63) is 103 Å². The van der Waals surface area contributed by atoms with E-state index in [4.69, 9.17) is 5.73 Å². The lowest BCUT2D eigenvalue weighted by atomic mass is 10.0. The van der Waals surface area contributed by atoms with Gasteiger partial charge in [-0.2, -0.15) is 0 Å². The summed E-state index contributed by atoms with van der Waals surface area (Å²) in [6.45, 7) is 0. The Balaban J connectivity index is 1.40. The van der Waals surface area contributed by atoms with Crippen molar-refractivity contribution in [3.63, 3.8) is 0 Å². The Kier molecular flexibility index (Phi) is 4.58. The van der Waals surface area contributed by atoms with Crippen molar-refractivity contribution < 1.29 is 0 Å². The minimum Gasteiger partial charge on any atom is -0.369 e. The van der Waals surface area contributed by atoms with Crippen LogP contribution in [0.3, 0.4) is 0 Å². The van der Waals surface area contributed by atoms with Gasteiger partial charge in [-0.3, -0.25) is 9.55 Å². The van der Waals surface area contributed by atoms with Crippen LogP contribution in [0.15, 0.2) is 97.3 Å². The molecule has 2 N–H and O–H groups in total. The maximum atomic E-state index is 6.09. The van der Waals surface area contributed by atoms with Crippen molar-refractivity contribution >= 4 is 29.1 Å². The Bertz CT molecular complexity index is 1330. The first-order chi connectivity index (χ1) is 14.8. The van der Waals surface area contributed by atoms with Crippen molar-refractivity contribution in [1.29, 1.82) is 0 Å². The van der Waals surface area contributed by atoms with E-state index in [1.165, 1.54) is 11.1 Å². The molecule has 0 aliphatic rings. The lowest BCUT2D eigenvalue weighted by Gasteiger charge is -2.06. The molecule has 0 spiro atoms. The molecule has 2 heterocycles. The molecule has 0 saturated carbocycles. The topological polar surface area (TPSA) is 56.7 Å². The van der Waals surface area contributed by atoms with Gasteiger partial charge in [-0.1, -0.05) is 72.8 Å². The standard InChI is InChI=1S/C26H20N4/c27-26-29-25(21-6-2-1-3-7-21)18-30(26)17-15-19-10-12-20(13-11-19)22-14-16-28-24-9-5-4-8-23(22)24/h1-18H,(H2,27,29)/b17-15+. The second kappa shape index (κ2) is 7.68. The molecule has 144 valence electrons. The predicted molar refractivity (Wildman–Crippen MR) is 124 cm³/mol. The Labute approximate surface area is 175 Å². The van der Waals surface area contributed by atoms with Gasteiger partial charge in [0.15, 0.2) is 0 Å². The van der Waals surface area contributed by atoms with Crippen molar-refractivity contribution in [3.8, 4) is 22.4 Å². The molecule has 0 unspecified atom stereocenters. The van der Waals surface area contributed by atoms with E-state index < -0.39 is 0 Å². The predicted octanol–water partition coefficient (Wildman–Crippen LogP) is 5.98. The maximum absolute atomic E-state index is 6.09. The number of pyridine rings is 1. The highest BCUT2D eigenvalue weighted by Gasteiger charge is 2.06. The van der Waals surface area contributed by atoms with Gasteiger partial charge >= 0.3 is 0 Å². The second-order valence-corrected chi connectivity index (χ2v) is 7.07. The number of nitrogen functional groups attached to an aromatic ring is 1. The fraction of sp³-hybridized carbons (Fsp3) is 0. The molecule has 4 nitrogen and oxygen atoms in total. The van der Waals surface area contributed by atoms with Crippen LogP contribution < -0.4 is 5.73 Å². The molecule has 0 aliphatic carbocycles. The van der Waals surface area contributed by atoms with Crippen LogP contribution in [0.5, 0.6) is 0 Å². The smallest absolute Gasteiger partial charge is 0.204 e. The number of hydrogen-bond donors (Lipinski definition) is 1. The van der Waals surface area contributed by atoms with Crippen LogP contribution in [0.2, 0.25) is 0 Å². The molecule has 0 saturated heterocycles. The summed E-state index contributed by atoms with van der Waals surface area (Å²) in [7, 11) is 0. The van der Waals surface area contributed by atoms with Gasteiger partial charge < -0.3 is 5.73 Å². The minimum atomic E-state index is 0.463. The first kappa shape index (κ1) is 17.9. The average Bonchev–Trinajstić information content (AvgIpc) is 3.19. The van der Waals surface area contributed by atoms with Crippen molar-refractivity contribution in [2.24, 2.45) is 0 Å². The maximum Gasteiger partial charge on any atom is 0.204 e. The zero-order valence-corrected chi connectivity index (χ0v) is 16.3. The number of nitrogens with two attached hydrogens (primary N) is 1. The molecule has 2 aromatic heterocycles. The molecule has 0 fully saturated rings. The summed E-state index contributed by atoms with van der Waals surface area (Å²) in [5, 5.41) is 1.16. The molecule has 0 amide bonds. The molecule has 0 bridgehead atoms. The highest BCUT2D eigenvalue weighted by Crippen LogP contribution is 2.27. The van der Waals surface area contributed by atoms with Crippen LogP contribution in [0, 0.1) is 0 Å². The zero-order chi connectivity index (χ0) is 20.3. The van der Waals surface area contributed by atoms with E-state index in [1.54, 1.807) is 0 Å². The van der Waals surface area contributed by atoms with E-state index in [1.807, 2.05) is 77.8 Å². The highest BCUT2D eigenvalue weighted by atomic mass is 15.1. The number of aromatic nitrogens is 3.